The zero-order chi connectivity index (χ0) is 25.5. The molecule has 4 rings (SSSR count). The van der Waals surface area contributed by atoms with Crippen LogP contribution in [0.1, 0.15) is 22.3 Å². The fourth-order valence-electron chi connectivity index (χ4n) is 4.21. The summed E-state index contributed by atoms with van der Waals surface area (Å²) < 4.78 is 10.6. The van der Waals surface area contributed by atoms with Gasteiger partial charge in [0.05, 0.1) is 37.1 Å². The number of carbonyl (C=O) groups excluding carboxylic acids is 3. The summed E-state index contributed by atoms with van der Waals surface area (Å²) in [7, 11) is 3.07. The van der Waals surface area contributed by atoms with E-state index >= 15 is 0 Å². The highest BCUT2D eigenvalue weighted by molar-refractivity contribution is 6.07. The molecular formula is C28H29N3O5. The Hall–Kier alpha value is -4.33. The maximum absolute atomic E-state index is 13.1. The number of para-hydroxylation sites is 1. The van der Waals surface area contributed by atoms with Crippen LogP contribution in [0.2, 0.25) is 0 Å². The molecule has 1 fully saturated rings. The van der Waals surface area contributed by atoms with E-state index in [-0.39, 0.29) is 30.7 Å². The van der Waals surface area contributed by atoms with Gasteiger partial charge in [0.2, 0.25) is 11.8 Å². The van der Waals surface area contributed by atoms with Crippen molar-refractivity contribution in [2.24, 2.45) is 5.92 Å². The first kappa shape index (κ1) is 24.8. The van der Waals surface area contributed by atoms with Crippen molar-refractivity contribution in [2.45, 2.75) is 12.8 Å². The minimum atomic E-state index is -0.571. The first-order chi connectivity index (χ1) is 17.5. The molecule has 8 nitrogen and oxygen atoms in total. The molecule has 0 radical (unpaired) electrons. The summed E-state index contributed by atoms with van der Waals surface area (Å²) in [4.78, 5) is 40.2. The van der Waals surface area contributed by atoms with E-state index in [1.165, 1.54) is 7.11 Å². The van der Waals surface area contributed by atoms with Gasteiger partial charge in [-0.25, -0.2) is 0 Å². The lowest BCUT2D eigenvalue weighted by atomic mass is 10.1. The number of nitrogens with zero attached hydrogens (tertiary/aromatic N) is 1. The van der Waals surface area contributed by atoms with E-state index in [1.807, 2.05) is 30.3 Å². The number of carbonyl (C=O) groups is 3. The van der Waals surface area contributed by atoms with Crippen molar-refractivity contribution in [1.82, 2.24) is 5.32 Å². The number of methoxy groups -OCH3 is 2. The van der Waals surface area contributed by atoms with Crippen molar-refractivity contribution in [1.29, 1.82) is 0 Å². The molecule has 1 saturated heterocycles. The molecule has 186 valence electrons. The van der Waals surface area contributed by atoms with Crippen LogP contribution in [0.5, 0.6) is 11.5 Å². The summed E-state index contributed by atoms with van der Waals surface area (Å²) in [6, 6.07) is 21.9. The molecule has 1 atom stereocenters. The standard InChI is InChI=1S/C28H29N3O5/c1-35-21-12-13-24(25(17-21)36-2)31-18-20(16-26(31)32)27(33)30-23-11-7-6-10-22(23)28(34)29-15-14-19-8-4-3-5-9-19/h3-13,17,20H,14-16,18H2,1-2H3,(H,29,34)(H,30,33). The molecule has 3 aromatic rings. The van der Waals surface area contributed by atoms with E-state index in [0.29, 0.717) is 41.4 Å². The highest BCUT2D eigenvalue weighted by Gasteiger charge is 2.36. The Morgan fingerprint density at radius 1 is 0.972 bits per heavy atom. The molecule has 2 N–H and O–H groups in total. The summed E-state index contributed by atoms with van der Waals surface area (Å²) in [5, 5.41) is 5.76. The Labute approximate surface area is 210 Å². The monoisotopic (exact) mass is 487 g/mol. The summed E-state index contributed by atoms with van der Waals surface area (Å²) in [6.07, 6.45) is 0.766. The van der Waals surface area contributed by atoms with E-state index in [1.54, 1.807) is 54.5 Å². The SMILES string of the molecule is COc1ccc(N2CC(C(=O)Nc3ccccc3C(=O)NCCc3ccccc3)CC2=O)c(OC)c1. The van der Waals surface area contributed by atoms with Gasteiger partial charge in [0.25, 0.3) is 5.91 Å². The molecule has 1 heterocycles. The smallest absolute Gasteiger partial charge is 0.253 e. The lowest BCUT2D eigenvalue weighted by Gasteiger charge is -2.20. The summed E-state index contributed by atoms with van der Waals surface area (Å²) >= 11 is 0. The predicted octanol–water partition coefficient (Wildman–Crippen LogP) is 3.67. The van der Waals surface area contributed by atoms with Crippen LogP contribution < -0.4 is 25.0 Å². The van der Waals surface area contributed by atoms with E-state index in [0.717, 1.165) is 5.56 Å². The highest BCUT2D eigenvalue weighted by atomic mass is 16.5. The number of benzene rings is 3. The van der Waals surface area contributed by atoms with Crippen molar-refractivity contribution in [3.63, 3.8) is 0 Å². The second-order valence-corrected chi connectivity index (χ2v) is 8.47. The zero-order valence-corrected chi connectivity index (χ0v) is 20.3. The molecule has 3 aromatic carbocycles. The third-order valence-electron chi connectivity index (χ3n) is 6.15. The van der Waals surface area contributed by atoms with Gasteiger partial charge >= 0.3 is 0 Å². The highest BCUT2D eigenvalue weighted by Crippen LogP contribution is 2.36. The predicted molar refractivity (Wildman–Crippen MR) is 138 cm³/mol. The number of amides is 3. The number of hydrogen-bond acceptors (Lipinski definition) is 5. The summed E-state index contributed by atoms with van der Waals surface area (Å²) in [5.41, 5.74) is 2.49. The second kappa shape index (κ2) is 11.4. The van der Waals surface area contributed by atoms with E-state index in [2.05, 4.69) is 10.6 Å². The second-order valence-electron chi connectivity index (χ2n) is 8.47. The Bertz CT molecular complexity index is 1240. The van der Waals surface area contributed by atoms with E-state index in [4.69, 9.17) is 9.47 Å². The largest absolute Gasteiger partial charge is 0.497 e. The molecule has 0 spiro atoms. The molecule has 0 bridgehead atoms. The fourth-order valence-corrected chi connectivity index (χ4v) is 4.21. The Morgan fingerprint density at radius 3 is 2.47 bits per heavy atom. The fraction of sp³-hybridized carbons (Fsp3) is 0.250. The molecule has 0 aromatic heterocycles. The van der Waals surface area contributed by atoms with Crippen LogP contribution in [0.25, 0.3) is 0 Å². The molecule has 8 heteroatoms. The van der Waals surface area contributed by atoms with Crippen LogP contribution in [0.15, 0.2) is 72.8 Å². The lowest BCUT2D eigenvalue weighted by Crippen LogP contribution is -2.30. The van der Waals surface area contributed by atoms with Crippen LogP contribution in [-0.4, -0.2) is 45.0 Å². The molecular weight excluding hydrogens is 458 g/mol. The molecule has 1 aliphatic rings. The van der Waals surface area contributed by atoms with Gasteiger partial charge in [0.1, 0.15) is 11.5 Å². The maximum Gasteiger partial charge on any atom is 0.253 e. The van der Waals surface area contributed by atoms with Crippen molar-refractivity contribution in [2.75, 3.05) is 37.5 Å². The average Bonchev–Trinajstić information content (AvgIpc) is 3.30. The number of rotatable bonds is 9. The normalized spacial score (nSPS) is 14.9. The summed E-state index contributed by atoms with van der Waals surface area (Å²) in [5.74, 6) is -0.239. The van der Waals surface area contributed by atoms with E-state index < -0.39 is 5.92 Å². The topological polar surface area (TPSA) is 97.0 Å². The number of ether oxygens (including phenoxy) is 2. The summed E-state index contributed by atoms with van der Waals surface area (Å²) in [6.45, 7) is 0.680. The Balaban J connectivity index is 1.41. The van der Waals surface area contributed by atoms with Crippen LogP contribution in [0.3, 0.4) is 0 Å². The lowest BCUT2D eigenvalue weighted by molar-refractivity contribution is -0.122. The molecule has 0 aliphatic carbocycles. The minimum absolute atomic E-state index is 0.0620. The Kier molecular flexibility index (Phi) is 7.85. The average molecular weight is 488 g/mol. The van der Waals surface area contributed by atoms with Crippen molar-refractivity contribution in [3.05, 3.63) is 83.9 Å². The van der Waals surface area contributed by atoms with Gasteiger partial charge in [-0.15, -0.1) is 0 Å². The molecule has 0 saturated carbocycles. The van der Waals surface area contributed by atoms with Gasteiger partial charge < -0.3 is 25.0 Å². The van der Waals surface area contributed by atoms with Gasteiger partial charge in [-0.3, -0.25) is 14.4 Å². The van der Waals surface area contributed by atoms with Crippen molar-refractivity contribution >= 4 is 29.1 Å². The minimum Gasteiger partial charge on any atom is -0.497 e. The number of nitrogens with one attached hydrogen (secondary N) is 2. The van der Waals surface area contributed by atoms with Gasteiger partial charge in [-0.2, -0.15) is 0 Å². The third-order valence-corrected chi connectivity index (χ3v) is 6.15. The molecule has 1 unspecified atom stereocenters. The number of anilines is 2. The zero-order valence-electron chi connectivity index (χ0n) is 20.3. The van der Waals surface area contributed by atoms with Crippen LogP contribution in [0, 0.1) is 5.92 Å². The molecule has 1 aliphatic heterocycles. The van der Waals surface area contributed by atoms with Gasteiger partial charge in [-0.05, 0) is 36.2 Å². The van der Waals surface area contributed by atoms with E-state index in [9.17, 15) is 14.4 Å². The van der Waals surface area contributed by atoms with Crippen LogP contribution in [-0.2, 0) is 16.0 Å². The van der Waals surface area contributed by atoms with Crippen molar-refractivity contribution < 1.29 is 23.9 Å². The van der Waals surface area contributed by atoms with Crippen molar-refractivity contribution in [3.8, 4) is 11.5 Å². The first-order valence-electron chi connectivity index (χ1n) is 11.7. The van der Waals surface area contributed by atoms with Gasteiger partial charge in [0, 0.05) is 25.6 Å². The van der Waals surface area contributed by atoms with Crippen LogP contribution in [0.4, 0.5) is 11.4 Å². The quantitative estimate of drug-likeness (QED) is 0.480. The molecule has 3 amide bonds. The third kappa shape index (κ3) is 5.66. The Morgan fingerprint density at radius 2 is 1.72 bits per heavy atom. The number of hydrogen-bond donors (Lipinski definition) is 2. The van der Waals surface area contributed by atoms with Gasteiger partial charge in [0.15, 0.2) is 0 Å². The first-order valence-corrected chi connectivity index (χ1v) is 11.7. The van der Waals surface area contributed by atoms with Gasteiger partial charge in [-0.1, -0.05) is 42.5 Å². The molecule has 36 heavy (non-hydrogen) atoms. The maximum atomic E-state index is 13.1. The van der Waals surface area contributed by atoms with Crippen LogP contribution >= 0.6 is 0 Å².